The van der Waals surface area contributed by atoms with Gasteiger partial charge in [0, 0.05) is 5.75 Å². The van der Waals surface area contributed by atoms with Gasteiger partial charge in [0.05, 0.1) is 0 Å². The molecule has 3 rings (SSSR count). The van der Waals surface area contributed by atoms with Crippen molar-refractivity contribution in [2.75, 3.05) is 5.75 Å². The van der Waals surface area contributed by atoms with Crippen molar-refractivity contribution in [1.82, 2.24) is 0 Å². The van der Waals surface area contributed by atoms with Crippen LogP contribution in [0.1, 0.15) is 11.1 Å². The monoisotopic (exact) mass is 211 g/mol. The molecule has 1 unspecified atom stereocenters. The summed E-state index contributed by atoms with van der Waals surface area (Å²) in [6, 6.07) is 7.83. The topological polar surface area (TPSA) is 63.3 Å². The zero-order valence-corrected chi connectivity index (χ0v) is 8.58. The molecular weight excluding hydrogens is 198 g/mol. The number of rotatable bonds is 2. The summed E-state index contributed by atoms with van der Waals surface area (Å²) in [6.07, 6.45) is 1.22. The highest BCUT2D eigenvalue weighted by molar-refractivity contribution is 7.80. The Balaban J connectivity index is 0.000000140. The number of carboxylic acids is 1. The van der Waals surface area contributed by atoms with Crippen LogP contribution in [0.3, 0.4) is 0 Å². The molecule has 0 heterocycles. The Bertz CT molecular complexity index is 303. The van der Waals surface area contributed by atoms with Gasteiger partial charge in [0.15, 0.2) is 0 Å². The minimum absolute atomic E-state index is 0.190. The molecule has 0 aliphatic heterocycles. The zero-order valence-electron chi connectivity index (χ0n) is 7.68. The summed E-state index contributed by atoms with van der Waals surface area (Å²) >= 11 is 3.65. The molecule has 3 nitrogen and oxygen atoms in total. The Morgan fingerprint density at radius 3 is 2.14 bits per heavy atom. The first-order valence-corrected chi connectivity index (χ1v) is 4.94. The lowest BCUT2D eigenvalue weighted by Crippen LogP contribution is -2.31. The van der Waals surface area contributed by atoms with Crippen LogP contribution in [-0.4, -0.2) is 22.9 Å². The first-order valence-electron chi connectivity index (χ1n) is 4.30. The molecule has 76 valence electrons. The number of benzene rings is 1. The van der Waals surface area contributed by atoms with Gasteiger partial charge in [-0.05, 0) is 17.5 Å². The second-order valence-electron chi connectivity index (χ2n) is 3.12. The molecule has 0 amide bonds. The van der Waals surface area contributed by atoms with E-state index in [1.54, 1.807) is 0 Å². The largest absolute Gasteiger partial charge is 0.480 e. The van der Waals surface area contributed by atoms with Crippen LogP contribution in [0.2, 0.25) is 0 Å². The highest BCUT2D eigenvalue weighted by Gasteiger charge is 2.06. The van der Waals surface area contributed by atoms with Gasteiger partial charge in [0.1, 0.15) is 6.04 Å². The van der Waals surface area contributed by atoms with Crippen molar-refractivity contribution in [1.29, 1.82) is 0 Å². The van der Waals surface area contributed by atoms with Crippen LogP contribution in [0.15, 0.2) is 24.3 Å². The molecule has 0 aromatic heterocycles. The molecule has 0 radical (unpaired) electrons. The lowest BCUT2D eigenvalue weighted by Gasteiger charge is -2.11. The van der Waals surface area contributed by atoms with Gasteiger partial charge in [-0.15, -0.1) is 0 Å². The second kappa shape index (κ2) is 5.02. The molecule has 2 aliphatic carbocycles. The van der Waals surface area contributed by atoms with Gasteiger partial charge in [-0.1, -0.05) is 24.3 Å². The molecule has 14 heavy (non-hydrogen) atoms. The third kappa shape index (κ3) is 3.05. The fourth-order valence-electron chi connectivity index (χ4n) is 1.03. The summed E-state index contributed by atoms with van der Waals surface area (Å²) in [6.45, 7) is 0. The number of hydrogen-bond acceptors (Lipinski definition) is 3. The van der Waals surface area contributed by atoms with E-state index in [9.17, 15) is 4.79 Å². The number of carboxylic acid groups (broad SMARTS) is 1. The van der Waals surface area contributed by atoms with Crippen LogP contribution in [0.25, 0.3) is 0 Å². The van der Waals surface area contributed by atoms with Gasteiger partial charge in [-0.25, -0.2) is 0 Å². The number of thiol groups is 1. The van der Waals surface area contributed by atoms with E-state index in [0.717, 1.165) is 0 Å². The third-order valence-corrected chi connectivity index (χ3v) is 2.31. The van der Waals surface area contributed by atoms with E-state index in [2.05, 4.69) is 36.9 Å². The number of nitrogens with two attached hydrogens (primary N) is 1. The highest BCUT2D eigenvalue weighted by atomic mass is 32.1. The van der Waals surface area contributed by atoms with Crippen molar-refractivity contribution in [3.63, 3.8) is 0 Å². The van der Waals surface area contributed by atoms with Crippen LogP contribution in [0.5, 0.6) is 0 Å². The summed E-state index contributed by atoms with van der Waals surface area (Å²) in [5.74, 6) is -0.815. The number of carbonyl (C=O) groups is 1. The number of aliphatic carboxylic acids is 1. The highest BCUT2D eigenvalue weighted by Crippen LogP contribution is 2.18. The lowest BCUT2D eigenvalue weighted by atomic mass is 9.94. The fourth-order valence-corrected chi connectivity index (χ4v) is 1.19. The van der Waals surface area contributed by atoms with Crippen LogP contribution >= 0.6 is 12.6 Å². The predicted molar refractivity (Wildman–Crippen MR) is 58.7 cm³/mol. The molecule has 2 aliphatic rings. The first-order chi connectivity index (χ1) is 6.63. The van der Waals surface area contributed by atoms with E-state index in [0.29, 0.717) is 0 Å². The van der Waals surface area contributed by atoms with Crippen molar-refractivity contribution in [2.24, 2.45) is 5.73 Å². The van der Waals surface area contributed by atoms with Gasteiger partial charge in [0.25, 0.3) is 0 Å². The minimum atomic E-state index is -1.00. The fraction of sp³-hybridized carbons (Fsp3) is 0.300. The summed E-state index contributed by atoms with van der Waals surface area (Å²) < 4.78 is 0. The summed E-state index contributed by atoms with van der Waals surface area (Å²) in [7, 11) is 0. The quantitative estimate of drug-likeness (QED) is 0.647. The van der Waals surface area contributed by atoms with Crippen molar-refractivity contribution in [2.45, 2.75) is 12.5 Å². The van der Waals surface area contributed by atoms with Crippen molar-refractivity contribution < 1.29 is 9.90 Å². The average Bonchev–Trinajstić information content (AvgIpc) is 2.17. The van der Waals surface area contributed by atoms with E-state index >= 15 is 0 Å². The van der Waals surface area contributed by atoms with E-state index in [4.69, 9.17) is 10.8 Å². The SMILES string of the molecule is NC(CS)C(=O)O.c1cc2cc(c1)C2. The molecule has 1 aromatic rings. The average molecular weight is 211 g/mol. The normalized spacial score (nSPS) is 13.3. The Kier molecular flexibility index (Phi) is 3.98. The summed E-state index contributed by atoms with van der Waals surface area (Å²) in [5.41, 5.74) is 7.91. The summed E-state index contributed by atoms with van der Waals surface area (Å²) in [5, 5.41) is 8.01. The smallest absolute Gasteiger partial charge is 0.321 e. The predicted octanol–water partition coefficient (Wildman–Crippen LogP) is 0.919. The van der Waals surface area contributed by atoms with Crippen molar-refractivity contribution >= 4 is 18.6 Å². The lowest BCUT2D eigenvalue weighted by molar-refractivity contribution is -0.137. The maximum Gasteiger partial charge on any atom is 0.321 e. The Morgan fingerprint density at radius 2 is 2.07 bits per heavy atom. The second-order valence-corrected chi connectivity index (χ2v) is 3.49. The van der Waals surface area contributed by atoms with Gasteiger partial charge in [-0.3, -0.25) is 4.79 Å². The minimum Gasteiger partial charge on any atom is -0.480 e. The Hall–Kier alpha value is -1.00. The molecule has 0 saturated heterocycles. The van der Waals surface area contributed by atoms with Gasteiger partial charge in [-0.2, -0.15) is 12.6 Å². The zero-order chi connectivity index (χ0) is 10.6. The first kappa shape index (κ1) is 11.1. The van der Waals surface area contributed by atoms with E-state index < -0.39 is 12.0 Å². The molecule has 3 N–H and O–H groups in total. The molecule has 0 fully saturated rings. The Morgan fingerprint density at radius 1 is 1.57 bits per heavy atom. The molecule has 0 saturated carbocycles. The van der Waals surface area contributed by atoms with Gasteiger partial charge < -0.3 is 10.8 Å². The molecule has 1 aromatic carbocycles. The Labute approximate surface area is 88.3 Å². The maximum absolute atomic E-state index is 9.76. The standard InChI is InChI=1S/C7H6.C3H7NO2S/c1-2-6-4-7(3-1)5-6;4-2(1-7)3(5)6/h1-4H,5H2;2,7H,1,4H2,(H,5,6). The van der Waals surface area contributed by atoms with Gasteiger partial charge in [0.2, 0.25) is 0 Å². The molecule has 1 atom stereocenters. The van der Waals surface area contributed by atoms with Crippen molar-refractivity contribution in [3.05, 3.63) is 35.4 Å². The van der Waals surface area contributed by atoms with Crippen LogP contribution in [0.4, 0.5) is 0 Å². The van der Waals surface area contributed by atoms with E-state index in [-0.39, 0.29) is 5.75 Å². The van der Waals surface area contributed by atoms with E-state index in [1.165, 1.54) is 17.5 Å². The number of fused-ring (bicyclic) bond motifs is 2. The third-order valence-electron chi connectivity index (χ3n) is 1.91. The van der Waals surface area contributed by atoms with Crippen LogP contribution < -0.4 is 5.73 Å². The molecule has 0 spiro atoms. The van der Waals surface area contributed by atoms with E-state index in [1.807, 2.05) is 0 Å². The molecule has 2 bridgehead atoms. The summed E-state index contributed by atoms with van der Waals surface area (Å²) in [4.78, 5) is 9.76. The van der Waals surface area contributed by atoms with Gasteiger partial charge >= 0.3 is 5.97 Å². The number of hydrogen-bond donors (Lipinski definition) is 3. The van der Waals surface area contributed by atoms with Crippen LogP contribution in [-0.2, 0) is 11.2 Å². The van der Waals surface area contributed by atoms with Crippen LogP contribution in [0, 0.1) is 0 Å². The molecular formula is C10H13NO2S. The maximum atomic E-state index is 9.76. The van der Waals surface area contributed by atoms with Crippen molar-refractivity contribution in [3.8, 4) is 0 Å². The molecule has 4 heteroatoms.